The van der Waals surface area contributed by atoms with Crippen LogP contribution in [0.3, 0.4) is 0 Å². The number of amides is 1. The Morgan fingerprint density at radius 1 is 1.10 bits per heavy atom. The van der Waals surface area contributed by atoms with Gasteiger partial charge < -0.3 is 14.8 Å². The number of benzene rings is 3. The summed E-state index contributed by atoms with van der Waals surface area (Å²) in [6.45, 7) is 5.59. The Balaban J connectivity index is 1.38. The van der Waals surface area contributed by atoms with Crippen molar-refractivity contribution in [3.63, 3.8) is 0 Å². The quantitative estimate of drug-likeness (QED) is 0.662. The Morgan fingerprint density at radius 2 is 1.87 bits per heavy atom. The largest absolute Gasteiger partial charge is 0.486 e. The molecule has 3 aromatic rings. The number of rotatable bonds is 5. The number of hydrogen-bond acceptors (Lipinski definition) is 4. The lowest BCUT2D eigenvalue weighted by molar-refractivity contribution is -0.123. The summed E-state index contributed by atoms with van der Waals surface area (Å²) in [5.74, 6) is 0.826. The first-order valence-corrected chi connectivity index (χ1v) is 10.1. The molecule has 0 radical (unpaired) electrons. The van der Waals surface area contributed by atoms with Crippen molar-refractivity contribution in [3.8, 4) is 11.5 Å². The number of nitrogens with one attached hydrogen (secondary N) is 1. The van der Waals surface area contributed by atoms with Crippen LogP contribution in [0.15, 0.2) is 60.7 Å². The van der Waals surface area contributed by atoms with Gasteiger partial charge in [-0.3, -0.25) is 9.59 Å². The summed E-state index contributed by atoms with van der Waals surface area (Å²) in [6, 6.07) is 19.2. The molecule has 0 aromatic heterocycles. The second-order valence-electron chi connectivity index (χ2n) is 8.30. The molecule has 0 spiro atoms. The van der Waals surface area contributed by atoms with Crippen LogP contribution in [0.5, 0.6) is 11.5 Å². The SMILES string of the molecule is C[C@H](NC(=O)COc1ccc2c(c1)OC(C)(C)CC2=O)c1ccc2ccccc2c1. The topological polar surface area (TPSA) is 64.6 Å². The maximum atomic E-state index is 12.4. The van der Waals surface area contributed by atoms with Crippen LogP contribution in [-0.2, 0) is 4.79 Å². The smallest absolute Gasteiger partial charge is 0.258 e. The lowest BCUT2D eigenvalue weighted by Crippen LogP contribution is -2.35. The van der Waals surface area contributed by atoms with E-state index in [1.165, 1.54) is 5.39 Å². The van der Waals surface area contributed by atoms with Crippen LogP contribution in [0.2, 0.25) is 0 Å². The number of Topliss-reactive ketones (excluding diaryl/α,β-unsaturated/α-hetero) is 1. The van der Waals surface area contributed by atoms with Crippen molar-refractivity contribution in [3.05, 3.63) is 71.8 Å². The van der Waals surface area contributed by atoms with Crippen molar-refractivity contribution < 1.29 is 19.1 Å². The third-order valence-electron chi connectivity index (χ3n) is 5.25. The van der Waals surface area contributed by atoms with Gasteiger partial charge in [0, 0.05) is 6.07 Å². The third-order valence-corrected chi connectivity index (χ3v) is 5.25. The summed E-state index contributed by atoms with van der Waals surface area (Å²) in [7, 11) is 0. The van der Waals surface area contributed by atoms with Crippen LogP contribution >= 0.6 is 0 Å². The Hall–Kier alpha value is -3.34. The summed E-state index contributed by atoms with van der Waals surface area (Å²) in [6.07, 6.45) is 0.343. The van der Waals surface area contributed by atoms with Gasteiger partial charge in [0.25, 0.3) is 5.91 Å². The summed E-state index contributed by atoms with van der Waals surface area (Å²) in [4.78, 5) is 24.6. The van der Waals surface area contributed by atoms with E-state index in [2.05, 4.69) is 29.6 Å². The lowest BCUT2D eigenvalue weighted by atomic mass is 9.93. The van der Waals surface area contributed by atoms with Gasteiger partial charge in [-0.2, -0.15) is 0 Å². The van der Waals surface area contributed by atoms with E-state index in [9.17, 15) is 9.59 Å². The van der Waals surface area contributed by atoms with E-state index in [4.69, 9.17) is 9.47 Å². The molecule has 0 fully saturated rings. The van der Waals surface area contributed by atoms with Gasteiger partial charge in [-0.25, -0.2) is 0 Å². The molecule has 5 heteroatoms. The molecule has 1 N–H and O–H groups in total. The zero-order valence-electron chi connectivity index (χ0n) is 17.4. The molecule has 154 valence electrons. The number of ether oxygens (including phenoxy) is 2. The van der Waals surface area contributed by atoms with E-state index in [1.807, 2.05) is 39.0 Å². The van der Waals surface area contributed by atoms with Gasteiger partial charge in [-0.15, -0.1) is 0 Å². The summed E-state index contributed by atoms with van der Waals surface area (Å²) >= 11 is 0. The highest BCUT2D eigenvalue weighted by Crippen LogP contribution is 2.35. The molecule has 3 aromatic carbocycles. The first kappa shape index (κ1) is 20.0. The second-order valence-corrected chi connectivity index (χ2v) is 8.30. The maximum Gasteiger partial charge on any atom is 0.258 e. The standard InChI is InChI=1S/C25H25NO4/c1-16(18-9-8-17-6-4-5-7-19(17)12-18)26-24(28)15-29-20-10-11-21-22(27)14-25(2,3)30-23(21)13-20/h4-13,16H,14-15H2,1-3H3,(H,26,28)/t16-/m0/s1. The molecule has 0 unspecified atom stereocenters. The zero-order chi connectivity index (χ0) is 21.3. The van der Waals surface area contributed by atoms with Crippen LogP contribution in [0.1, 0.15) is 49.2 Å². The van der Waals surface area contributed by atoms with Crippen LogP contribution in [0.25, 0.3) is 10.8 Å². The molecular formula is C25H25NO4. The number of hydrogen-bond donors (Lipinski definition) is 1. The van der Waals surface area contributed by atoms with Crippen molar-refractivity contribution in [2.24, 2.45) is 0 Å². The number of fused-ring (bicyclic) bond motifs is 2. The van der Waals surface area contributed by atoms with E-state index in [0.717, 1.165) is 10.9 Å². The Labute approximate surface area is 176 Å². The van der Waals surface area contributed by atoms with Crippen molar-refractivity contribution >= 4 is 22.5 Å². The van der Waals surface area contributed by atoms with Crippen molar-refractivity contribution in [1.29, 1.82) is 0 Å². The van der Waals surface area contributed by atoms with Gasteiger partial charge in [0.05, 0.1) is 18.0 Å². The second kappa shape index (κ2) is 7.82. The summed E-state index contributed by atoms with van der Waals surface area (Å²) < 4.78 is 11.5. The lowest BCUT2D eigenvalue weighted by Gasteiger charge is -2.31. The highest BCUT2D eigenvalue weighted by atomic mass is 16.5. The molecule has 1 heterocycles. The number of carbonyl (C=O) groups excluding carboxylic acids is 2. The minimum absolute atomic E-state index is 0.0507. The van der Waals surface area contributed by atoms with Crippen molar-refractivity contribution in [1.82, 2.24) is 5.32 Å². The van der Waals surface area contributed by atoms with Gasteiger partial charge in [0.15, 0.2) is 12.4 Å². The summed E-state index contributed by atoms with van der Waals surface area (Å²) in [5.41, 5.74) is 1.04. The van der Waals surface area contributed by atoms with Gasteiger partial charge >= 0.3 is 0 Å². The number of ketones is 1. The van der Waals surface area contributed by atoms with E-state index in [0.29, 0.717) is 23.5 Å². The molecule has 1 atom stereocenters. The fourth-order valence-corrected chi connectivity index (χ4v) is 3.72. The van der Waals surface area contributed by atoms with Crippen molar-refractivity contribution in [2.45, 2.75) is 38.8 Å². The van der Waals surface area contributed by atoms with E-state index in [1.54, 1.807) is 18.2 Å². The molecular weight excluding hydrogens is 378 g/mol. The first-order chi connectivity index (χ1) is 14.3. The Kier molecular flexibility index (Phi) is 5.20. The summed E-state index contributed by atoms with van der Waals surface area (Å²) in [5, 5.41) is 5.27. The molecule has 1 aliphatic rings. The molecule has 5 nitrogen and oxygen atoms in total. The van der Waals surface area contributed by atoms with E-state index >= 15 is 0 Å². The van der Waals surface area contributed by atoms with Gasteiger partial charge in [0.2, 0.25) is 0 Å². The maximum absolute atomic E-state index is 12.4. The van der Waals surface area contributed by atoms with E-state index in [-0.39, 0.29) is 24.3 Å². The van der Waals surface area contributed by atoms with E-state index < -0.39 is 5.60 Å². The highest BCUT2D eigenvalue weighted by Gasteiger charge is 2.32. The highest BCUT2D eigenvalue weighted by molar-refractivity contribution is 6.00. The zero-order valence-corrected chi connectivity index (χ0v) is 17.4. The monoisotopic (exact) mass is 403 g/mol. The van der Waals surface area contributed by atoms with Crippen LogP contribution in [0.4, 0.5) is 0 Å². The molecule has 30 heavy (non-hydrogen) atoms. The average Bonchev–Trinajstić information content (AvgIpc) is 2.70. The molecule has 4 rings (SSSR count). The normalized spacial score (nSPS) is 15.8. The minimum atomic E-state index is -0.546. The third kappa shape index (κ3) is 4.30. The van der Waals surface area contributed by atoms with Gasteiger partial charge in [-0.05, 0) is 55.3 Å². The molecule has 1 amide bonds. The fourth-order valence-electron chi connectivity index (χ4n) is 3.72. The fraction of sp³-hybridized carbons (Fsp3) is 0.280. The van der Waals surface area contributed by atoms with Crippen LogP contribution in [0, 0.1) is 0 Å². The Morgan fingerprint density at radius 3 is 2.67 bits per heavy atom. The number of carbonyl (C=O) groups is 2. The van der Waals surface area contributed by atoms with Gasteiger partial charge in [-0.1, -0.05) is 36.4 Å². The molecule has 0 saturated carbocycles. The predicted octanol–water partition coefficient (Wildman–Crippen LogP) is 4.84. The van der Waals surface area contributed by atoms with Crippen LogP contribution < -0.4 is 14.8 Å². The minimum Gasteiger partial charge on any atom is -0.486 e. The average molecular weight is 403 g/mol. The van der Waals surface area contributed by atoms with Crippen molar-refractivity contribution in [2.75, 3.05) is 6.61 Å². The predicted molar refractivity (Wildman–Crippen MR) is 116 cm³/mol. The first-order valence-electron chi connectivity index (χ1n) is 10.1. The molecule has 0 saturated heterocycles. The van der Waals surface area contributed by atoms with Gasteiger partial charge in [0.1, 0.15) is 17.1 Å². The molecule has 1 aliphatic heterocycles. The molecule has 0 aliphatic carbocycles. The Bertz CT molecular complexity index is 1120. The molecule has 0 bridgehead atoms. The van der Waals surface area contributed by atoms with Crippen LogP contribution in [-0.4, -0.2) is 23.9 Å².